The van der Waals surface area contributed by atoms with Crippen molar-refractivity contribution in [1.29, 1.82) is 0 Å². The summed E-state index contributed by atoms with van der Waals surface area (Å²) in [6, 6.07) is 12.4. The largest absolute Gasteiger partial charge is 0.368 e. The van der Waals surface area contributed by atoms with Gasteiger partial charge in [0.25, 0.3) is 0 Å². The predicted octanol–water partition coefficient (Wildman–Crippen LogP) is 3.57. The van der Waals surface area contributed by atoms with Gasteiger partial charge in [-0.25, -0.2) is 0 Å². The van der Waals surface area contributed by atoms with Crippen molar-refractivity contribution >= 4 is 17.7 Å². The first-order valence-electron chi connectivity index (χ1n) is 8.85. The lowest BCUT2D eigenvalue weighted by molar-refractivity contribution is -0.126. The third-order valence-electron chi connectivity index (χ3n) is 4.64. The maximum absolute atomic E-state index is 12.4. The zero-order valence-electron chi connectivity index (χ0n) is 14.9. The minimum absolute atomic E-state index is 0.0855. The topological polar surface area (TPSA) is 36.4 Å². The Morgan fingerprint density at radius 1 is 1.00 bits per heavy atom. The van der Waals surface area contributed by atoms with Crippen LogP contribution in [0.1, 0.15) is 30.9 Å². The van der Waals surface area contributed by atoms with Gasteiger partial charge in [-0.3, -0.25) is 9.78 Å². The lowest BCUT2D eigenvalue weighted by atomic mass is 10.0. The number of piperazine rings is 1. The van der Waals surface area contributed by atoms with Crippen molar-refractivity contribution in [3.63, 3.8) is 0 Å². The fourth-order valence-corrected chi connectivity index (χ4v) is 3.00. The second-order valence-corrected chi connectivity index (χ2v) is 6.67. The average Bonchev–Trinajstić information content (AvgIpc) is 2.67. The molecule has 1 aliphatic heterocycles. The quantitative estimate of drug-likeness (QED) is 0.802. The maximum atomic E-state index is 12.4. The van der Waals surface area contributed by atoms with E-state index in [0.29, 0.717) is 5.92 Å². The summed E-state index contributed by atoms with van der Waals surface area (Å²) < 4.78 is 0. The second-order valence-electron chi connectivity index (χ2n) is 6.67. The van der Waals surface area contributed by atoms with E-state index in [1.54, 1.807) is 18.5 Å². The van der Waals surface area contributed by atoms with Crippen molar-refractivity contribution < 1.29 is 4.79 Å². The highest BCUT2D eigenvalue weighted by Gasteiger charge is 2.19. The number of pyridine rings is 1. The van der Waals surface area contributed by atoms with E-state index < -0.39 is 0 Å². The Morgan fingerprint density at radius 3 is 2.24 bits per heavy atom. The van der Waals surface area contributed by atoms with E-state index in [1.165, 1.54) is 11.3 Å². The van der Waals surface area contributed by atoms with Crippen LogP contribution in [0.25, 0.3) is 6.08 Å². The fourth-order valence-electron chi connectivity index (χ4n) is 3.00. The number of benzene rings is 1. The molecule has 4 heteroatoms. The van der Waals surface area contributed by atoms with E-state index in [0.717, 1.165) is 31.7 Å². The van der Waals surface area contributed by atoms with Crippen LogP contribution >= 0.6 is 0 Å². The summed E-state index contributed by atoms with van der Waals surface area (Å²) in [6.45, 7) is 7.56. The van der Waals surface area contributed by atoms with Crippen LogP contribution in [0, 0.1) is 0 Å². The summed E-state index contributed by atoms with van der Waals surface area (Å²) in [6.07, 6.45) is 7.20. The number of hydrogen-bond donors (Lipinski definition) is 0. The Kier molecular flexibility index (Phi) is 5.49. The summed E-state index contributed by atoms with van der Waals surface area (Å²) >= 11 is 0. The van der Waals surface area contributed by atoms with Crippen LogP contribution in [0.4, 0.5) is 5.69 Å². The molecule has 0 bridgehead atoms. The minimum Gasteiger partial charge on any atom is -0.368 e. The lowest BCUT2D eigenvalue weighted by Gasteiger charge is -2.35. The van der Waals surface area contributed by atoms with E-state index >= 15 is 0 Å². The number of rotatable bonds is 4. The van der Waals surface area contributed by atoms with Gasteiger partial charge in [-0.05, 0) is 35.3 Å². The SMILES string of the molecule is CC(C)c1ccc(/C=C/C(=O)N2CCN(c3ccncc3)CC2)cc1. The molecule has 1 aromatic heterocycles. The average molecular weight is 335 g/mol. The van der Waals surface area contributed by atoms with E-state index in [2.05, 4.69) is 48.0 Å². The normalized spacial score (nSPS) is 15.2. The van der Waals surface area contributed by atoms with Gasteiger partial charge in [-0.1, -0.05) is 38.1 Å². The monoisotopic (exact) mass is 335 g/mol. The minimum atomic E-state index is 0.0855. The fraction of sp³-hybridized carbons (Fsp3) is 0.333. The Morgan fingerprint density at radius 2 is 1.64 bits per heavy atom. The van der Waals surface area contributed by atoms with Crippen LogP contribution < -0.4 is 4.90 Å². The number of carbonyl (C=O) groups is 1. The highest BCUT2D eigenvalue weighted by atomic mass is 16.2. The van der Waals surface area contributed by atoms with Gasteiger partial charge in [0.15, 0.2) is 0 Å². The molecule has 1 fully saturated rings. The van der Waals surface area contributed by atoms with Crippen molar-refractivity contribution in [2.45, 2.75) is 19.8 Å². The van der Waals surface area contributed by atoms with Gasteiger partial charge in [0.2, 0.25) is 5.91 Å². The molecule has 0 N–H and O–H groups in total. The van der Waals surface area contributed by atoms with Gasteiger partial charge < -0.3 is 9.80 Å². The van der Waals surface area contributed by atoms with E-state index in [4.69, 9.17) is 0 Å². The molecule has 0 aliphatic carbocycles. The molecule has 1 saturated heterocycles. The van der Waals surface area contributed by atoms with Crippen molar-refractivity contribution in [3.05, 3.63) is 66.0 Å². The van der Waals surface area contributed by atoms with Gasteiger partial charge in [-0.2, -0.15) is 0 Å². The molecule has 2 heterocycles. The predicted molar refractivity (Wildman–Crippen MR) is 103 cm³/mol. The molecule has 1 aliphatic rings. The van der Waals surface area contributed by atoms with Crippen LogP contribution in [-0.2, 0) is 4.79 Å². The molecule has 130 valence electrons. The summed E-state index contributed by atoms with van der Waals surface area (Å²) in [4.78, 5) is 20.7. The van der Waals surface area contributed by atoms with E-state index in [1.807, 2.05) is 23.1 Å². The molecule has 2 aromatic rings. The molecule has 0 unspecified atom stereocenters. The number of anilines is 1. The number of amides is 1. The molecule has 0 radical (unpaired) electrons. The zero-order valence-corrected chi connectivity index (χ0v) is 14.9. The molecule has 1 aromatic carbocycles. The summed E-state index contributed by atoms with van der Waals surface area (Å²) in [5.41, 5.74) is 3.55. The Hall–Kier alpha value is -2.62. The molecule has 0 spiro atoms. The van der Waals surface area contributed by atoms with Crippen molar-refractivity contribution in [2.75, 3.05) is 31.1 Å². The zero-order chi connectivity index (χ0) is 17.6. The van der Waals surface area contributed by atoms with Crippen LogP contribution in [0.2, 0.25) is 0 Å². The van der Waals surface area contributed by atoms with Crippen molar-refractivity contribution in [2.24, 2.45) is 0 Å². The maximum Gasteiger partial charge on any atom is 0.246 e. The molecule has 4 nitrogen and oxygen atoms in total. The van der Waals surface area contributed by atoms with Gasteiger partial charge in [0.05, 0.1) is 0 Å². The first kappa shape index (κ1) is 17.2. The smallest absolute Gasteiger partial charge is 0.246 e. The summed E-state index contributed by atoms with van der Waals surface area (Å²) in [7, 11) is 0. The lowest BCUT2D eigenvalue weighted by Crippen LogP contribution is -2.48. The number of nitrogens with zero attached hydrogens (tertiary/aromatic N) is 3. The van der Waals surface area contributed by atoms with Gasteiger partial charge in [0, 0.05) is 50.3 Å². The Bertz CT molecular complexity index is 715. The number of hydrogen-bond acceptors (Lipinski definition) is 3. The third kappa shape index (κ3) is 4.47. The molecular weight excluding hydrogens is 310 g/mol. The second kappa shape index (κ2) is 7.97. The Balaban J connectivity index is 1.54. The molecule has 3 rings (SSSR count). The van der Waals surface area contributed by atoms with Crippen LogP contribution in [0.5, 0.6) is 0 Å². The standard InChI is InChI=1S/C21H25N3O/c1-17(2)19-6-3-18(4-7-19)5-8-21(25)24-15-13-23(14-16-24)20-9-11-22-12-10-20/h3-12,17H,13-16H2,1-2H3/b8-5+. The van der Waals surface area contributed by atoms with Crippen LogP contribution in [0.15, 0.2) is 54.9 Å². The first-order chi connectivity index (χ1) is 12.1. The Labute approximate surface area is 149 Å². The molecule has 0 atom stereocenters. The van der Waals surface area contributed by atoms with Crippen molar-refractivity contribution in [1.82, 2.24) is 9.88 Å². The highest BCUT2D eigenvalue weighted by Crippen LogP contribution is 2.16. The number of aromatic nitrogens is 1. The summed E-state index contributed by atoms with van der Waals surface area (Å²) in [5, 5.41) is 0. The van der Waals surface area contributed by atoms with Gasteiger partial charge in [0.1, 0.15) is 0 Å². The molecular formula is C21H25N3O. The highest BCUT2D eigenvalue weighted by molar-refractivity contribution is 5.92. The van der Waals surface area contributed by atoms with Crippen molar-refractivity contribution in [3.8, 4) is 0 Å². The van der Waals surface area contributed by atoms with Gasteiger partial charge in [-0.15, -0.1) is 0 Å². The van der Waals surface area contributed by atoms with Crippen LogP contribution in [0.3, 0.4) is 0 Å². The van der Waals surface area contributed by atoms with E-state index in [-0.39, 0.29) is 5.91 Å². The number of carbonyl (C=O) groups excluding carboxylic acids is 1. The molecule has 25 heavy (non-hydrogen) atoms. The first-order valence-corrected chi connectivity index (χ1v) is 8.85. The van der Waals surface area contributed by atoms with Crippen LogP contribution in [-0.4, -0.2) is 42.0 Å². The van der Waals surface area contributed by atoms with Gasteiger partial charge >= 0.3 is 0 Å². The summed E-state index contributed by atoms with van der Waals surface area (Å²) in [5.74, 6) is 0.610. The van der Waals surface area contributed by atoms with E-state index in [9.17, 15) is 4.79 Å². The molecule has 1 amide bonds. The molecule has 0 saturated carbocycles. The third-order valence-corrected chi connectivity index (χ3v) is 4.64.